The number of hydrogen-bond donors (Lipinski definition) is 4. The summed E-state index contributed by atoms with van der Waals surface area (Å²) in [6, 6.07) is 8.08. The molecule has 25 heavy (non-hydrogen) atoms. The molecule has 0 radical (unpaired) electrons. The lowest BCUT2D eigenvalue weighted by molar-refractivity contribution is -0.141. The van der Waals surface area contributed by atoms with Gasteiger partial charge in [-0.3, -0.25) is 9.59 Å². The highest BCUT2D eigenvalue weighted by Gasteiger charge is 2.22. The van der Waals surface area contributed by atoms with Crippen LogP contribution in [0.3, 0.4) is 0 Å². The van der Waals surface area contributed by atoms with Gasteiger partial charge in [0.1, 0.15) is 19.1 Å². The van der Waals surface area contributed by atoms with Crippen molar-refractivity contribution >= 4 is 18.0 Å². The van der Waals surface area contributed by atoms with Crippen LogP contribution in [-0.2, 0) is 20.9 Å². The second kappa shape index (κ2) is 10.7. The molecule has 0 saturated heterocycles. The number of carboxylic acids is 1. The van der Waals surface area contributed by atoms with E-state index in [-0.39, 0.29) is 13.2 Å². The molecule has 0 aliphatic rings. The molecule has 0 saturated carbocycles. The third-order valence-corrected chi connectivity index (χ3v) is 3.01. The zero-order valence-corrected chi connectivity index (χ0v) is 13.7. The Morgan fingerprint density at radius 2 is 1.92 bits per heavy atom. The molecule has 1 aromatic rings. The highest BCUT2D eigenvalue weighted by Crippen LogP contribution is 2.01. The Labute approximate surface area is 145 Å². The fourth-order valence-corrected chi connectivity index (χ4v) is 1.85. The van der Waals surface area contributed by atoms with Crippen LogP contribution in [0.2, 0.25) is 0 Å². The molecule has 4 N–H and O–H groups in total. The van der Waals surface area contributed by atoms with Crippen molar-refractivity contribution in [1.29, 1.82) is 0 Å². The van der Waals surface area contributed by atoms with Gasteiger partial charge >= 0.3 is 12.1 Å². The van der Waals surface area contributed by atoms with Gasteiger partial charge in [0.05, 0.1) is 6.04 Å². The fourth-order valence-electron chi connectivity index (χ4n) is 1.85. The Morgan fingerprint density at radius 3 is 2.52 bits per heavy atom. The topological polar surface area (TPSA) is 125 Å². The number of aliphatic hydroxyl groups excluding tert-OH is 1. The van der Waals surface area contributed by atoms with Gasteiger partial charge in [0.2, 0.25) is 5.91 Å². The van der Waals surface area contributed by atoms with Crippen LogP contribution in [0.5, 0.6) is 0 Å². The van der Waals surface area contributed by atoms with Crippen LogP contribution in [0.1, 0.15) is 18.9 Å². The van der Waals surface area contributed by atoms with E-state index in [0.717, 1.165) is 5.56 Å². The van der Waals surface area contributed by atoms with Crippen molar-refractivity contribution in [1.82, 2.24) is 10.6 Å². The molecule has 0 aromatic heterocycles. The summed E-state index contributed by atoms with van der Waals surface area (Å²) in [4.78, 5) is 33.8. The summed E-state index contributed by atoms with van der Waals surface area (Å²) in [7, 11) is 0. The minimum atomic E-state index is -1.30. The van der Waals surface area contributed by atoms with Crippen LogP contribution < -0.4 is 10.6 Å². The van der Waals surface area contributed by atoms with Crippen LogP contribution in [0.25, 0.3) is 0 Å². The number of hydrogen-bond acceptors (Lipinski definition) is 5. The van der Waals surface area contributed by atoms with Gasteiger partial charge in [-0.25, -0.2) is 4.79 Å². The summed E-state index contributed by atoms with van der Waals surface area (Å²) in [5, 5.41) is 23.2. The van der Waals surface area contributed by atoms with Gasteiger partial charge in [0.25, 0.3) is 0 Å². The number of carbonyl (C=O) groups is 3. The number of benzene rings is 1. The highest BCUT2D eigenvalue weighted by molar-refractivity contribution is 5.93. The maximum absolute atomic E-state index is 11.7. The van der Waals surface area contributed by atoms with E-state index in [4.69, 9.17) is 9.84 Å². The lowest BCUT2D eigenvalue weighted by Gasteiger charge is -2.21. The number of amides is 2. The third kappa shape index (κ3) is 8.39. The van der Waals surface area contributed by atoms with Crippen LogP contribution in [0, 0.1) is 11.8 Å². The first-order valence-corrected chi connectivity index (χ1v) is 7.48. The molecule has 0 spiro atoms. The SMILES string of the molecule is CC#C[C@@H](O)[C@H](CNC(=O)OCc1ccccc1)NC(=O)CC(=O)O. The highest BCUT2D eigenvalue weighted by atomic mass is 16.5. The molecule has 0 unspecified atom stereocenters. The van der Waals surface area contributed by atoms with E-state index < -0.39 is 36.5 Å². The Bertz CT molecular complexity index is 650. The van der Waals surface area contributed by atoms with E-state index >= 15 is 0 Å². The molecule has 0 aliphatic heterocycles. The molecule has 2 amide bonds. The number of carboxylic acid groups (broad SMARTS) is 1. The van der Waals surface area contributed by atoms with Gasteiger partial charge in [-0.15, -0.1) is 5.92 Å². The molecular weight excluding hydrogens is 328 g/mol. The molecule has 1 aromatic carbocycles. The molecular formula is C17H20N2O6. The number of carbonyl (C=O) groups excluding carboxylic acids is 2. The zero-order chi connectivity index (χ0) is 18.7. The van der Waals surface area contributed by atoms with Gasteiger partial charge in [-0.2, -0.15) is 0 Å². The van der Waals surface area contributed by atoms with E-state index in [2.05, 4.69) is 22.5 Å². The van der Waals surface area contributed by atoms with Gasteiger partial charge in [-0.1, -0.05) is 36.3 Å². The normalized spacial score (nSPS) is 12.1. The van der Waals surface area contributed by atoms with E-state index in [1.807, 2.05) is 18.2 Å². The van der Waals surface area contributed by atoms with Crippen molar-refractivity contribution in [3.05, 3.63) is 35.9 Å². The van der Waals surface area contributed by atoms with Crippen molar-refractivity contribution in [2.75, 3.05) is 6.54 Å². The van der Waals surface area contributed by atoms with Crippen molar-refractivity contribution < 1.29 is 29.3 Å². The third-order valence-electron chi connectivity index (χ3n) is 3.01. The van der Waals surface area contributed by atoms with Gasteiger partial charge in [0.15, 0.2) is 0 Å². The van der Waals surface area contributed by atoms with E-state index in [0.29, 0.717) is 0 Å². The predicted molar refractivity (Wildman–Crippen MR) is 88.3 cm³/mol. The molecule has 134 valence electrons. The fraction of sp³-hybridized carbons (Fsp3) is 0.353. The van der Waals surface area contributed by atoms with Crippen LogP contribution in [0.15, 0.2) is 30.3 Å². The molecule has 0 heterocycles. The molecule has 1 rings (SSSR count). The maximum Gasteiger partial charge on any atom is 0.407 e. The van der Waals surface area contributed by atoms with Gasteiger partial charge < -0.3 is 25.6 Å². The summed E-state index contributed by atoms with van der Waals surface area (Å²) >= 11 is 0. The number of nitrogens with one attached hydrogen (secondary N) is 2. The summed E-state index contributed by atoms with van der Waals surface area (Å²) < 4.78 is 5.01. The smallest absolute Gasteiger partial charge is 0.407 e. The van der Waals surface area contributed by atoms with Gasteiger partial charge in [0, 0.05) is 6.54 Å². The second-order valence-corrected chi connectivity index (χ2v) is 5.03. The largest absolute Gasteiger partial charge is 0.481 e. The van der Waals surface area contributed by atoms with Crippen LogP contribution in [-0.4, -0.2) is 46.9 Å². The first-order chi connectivity index (χ1) is 11.9. The number of ether oxygens (including phenoxy) is 1. The summed E-state index contributed by atoms with van der Waals surface area (Å²) in [5.74, 6) is 2.82. The van der Waals surface area contributed by atoms with Gasteiger partial charge in [-0.05, 0) is 12.5 Å². The summed E-state index contributed by atoms with van der Waals surface area (Å²) in [5.41, 5.74) is 0.806. The monoisotopic (exact) mass is 348 g/mol. The average Bonchev–Trinajstić information content (AvgIpc) is 2.57. The summed E-state index contributed by atoms with van der Waals surface area (Å²) in [6.07, 6.45) is -2.75. The Morgan fingerprint density at radius 1 is 1.24 bits per heavy atom. The summed E-state index contributed by atoms with van der Waals surface area (Å²) in [6.45, 7) is 1.40. The lowest BCUT2D eigenvalue weighted by atomic mass is 10.1. The molecule has 0 aliphatic carbocycles. The van der Waals surface area contributed by atoms with Crippen LogP contribution in [0.4, 0.5) is 4.79 Å². The Balaban J connectivity index is 2.52. The van der Waals surface area contributed by atoms with Crippen molar-refractivity contribution in [2.24, 2.45) is 0 Å². The quantitative estimate of drug-likeness (QED) is 0.394. The average molecular weight is 348 g/mol. The van der Waals surface area contributed by atoms with E-state index in [1.165, 1.54) is 6.92 Å². The number of aliphatic hydroxyl groups is 1. The Hall–Kier alpha value is -3.05. The second-order valence-electron chi connectivity index (χ2n) is 5.03. The van der Waals surface area contributed by atoms with E-state index in [1.54, 1.807) is 12.1 Å². The number of rotatable bonds is 8. The Kier molecular flexibility index (Phi) is 8.54. The van der Waals surface area contributed by atoms with Crippen molar-refractivity contribution in [2.45, 2.75) is 32.1 Å². The van der Waals surface area contributed by atoms with Crippen LogP contribution >= 0.6 is 0 Å². The standard InChI is InChI=1S/C17H20N2O6/c1-2-6-14(20)13(19-15(21)9-16(22)23)10-18-17(24)25-11-12-7-4-3-5-8-12/h3-5,7-8,13-14,20H,9-11H2,1H3,(H,18,24)(H,19,21)(H,22,23)/t13-,14+/m0/s1. The molecule has 0 bridgehead atoms. The van der Waals surface area contributed by atoms with Crippen molar-refractivity contribution in [3.63, 3.8) is 0 Å². The zero-order valence-electron chi connectivity index (χ0n) is 13.7. The van der Waals surface area contributed by atoms with E-state index in [9.17, 15) is 19.5 Å². The molecule has 8 nitrogen and oxygen atoms in total. The molecule has 2 atom stereocenters. The number of alkyl carbamates (subject to hydrolysis) is 1. The first kappa shape index (κ1) is 20.0. The minimum Gasteiger partial charge on any atom is -0.481 e. The lowest BCUT2D eigenvalue weighted by Crippen LogP contribution is -2.50. The first-order valence-electron chi connectivity index (χ1n) is 7.48. The maximum atomic E-state index is 11.7. The predicted octanol–water partition coefficient (Wildman–Crippen LogP) is 0.256. The minimum absolute atomic E-state index is 0.0695. The van der Waals surface area contributed by atoms with Crippen molar-refractivity contribution in [3.8, 4) is 11.8 Å². The number of aliphatic carboxylic acids is 1. The molecule has 8 heteroatoms. The molecule has 0 fully saturated rings.